The topological polar surface area (TPSA) is 121 Å². The Morgan fingerprint density at radius 3 is 2.50 bits per heavy atom. The number of nitrogens with zero attached hydrogens (tertiary/aromatic N) is 3. The molecule has 0 saturated carbocycles. The fourth-order valence-corrected chi connectivity index (χ4v) is 5.19. The Bertz CT molecular complexity index is 1380. The van der Waals surface area contributed by atoms with Crippen LogP contribution in [0.1, 0.15) is 37.3 Å². The molecule has 1 amide bonds. The largest absolute Gasteiger partial charge is 0.490 e. The third-order valence-electron chi connectivity index (χ3n) is 5.62. The number of carbonyl (C=O) groups excluding carboxylic acids is 1. The van der Waals surface area contributed by atoms with Gasteiger partial charge in [-0.15, -0.1) is 5.10 Å². The molecule has 0 saturated heterocycles. The van der Waals surface area contributed by atoms with Gasteiger partial charge in [0.15, 0.2) is 5.84 Å². The summed E-state index contributed by atoms with van der Waals surface area (Å²) in [4.78, 5) is 16.4. The molecule has 4 rings (SSSR count). The van der Waals surface area contributed by atoms with Crippen LogP contribution in [0.15, 0.2) is 64.2 Å². The zero-order valence-corrected chi connectivity index (χ0v) is 21.7. The summed E-state index contributed by atoms with van der Waals surface area (Å²) in [7, 11) is -3.58. The van der Waals surface area contributed by atoms with Gasteiger partial charge in [0.05, 0.1) is 5.57 Å². The maximum absolute atomic E-state index is 12.5. The molecule has 0 bridgehead atoms. The third-order valence-corrected chi connectivity index (χ3v) is 8.19. The molecule has 188 valence electrons. The Morgan fingerprint density at radius 2 is 1.81 bits per heavy atom. The number of hydrazone groups is 1. The van der Waals surface area contributed by atoms with Crippen molar-refractivity contribution in [3.05, 3.63) is 65.2 Å². The van der Waals surface area contributed by atoms with Crippen molar-refractivity contribution < 1.29 is 22.7 Å². The predicted octanol–water partition coefficient (Wildman–Crippen LogP) is 4.28. The van der Waals surface area contributed by atoms with Crippen LogP contribution >= 0.6 is 11.8 Å². The highest BCUT2D eigenvalue weighted by molar-refractivity contribution is 8.42. The minimum absolute atomic E-state index is 0.0138. The highest BCUT2D eigenvalue weighted by Crippen LogP contribution is 2.30. The number of amidine groups is 2. The standard InChI is InChI=1S/C25H26N4O5S2/c1-4-16(2)19-7-5-6-8-21(19)34-14-13-33-18-11-9-17(10-12-18)15-20-22(26)29-24(27-23(20)30)35-25(28-29)36(3,31)32/h5-12,15-16,26H,4,13-14H2,1-3H3/b20-15+,26-22?/t16-/m0/s1. The second-order valence-electron chi connectivity index (χ2n) is 8.27. The van der Waals surface area contributed by atoms with Crippen LogP contribution in [0.25, 0.3) is 6.08 Å². The van der Waals surface area contributed by atoms with Gasteiger partial charge >= 0.3 is 0 Å². The molecule has 0 aromatic heterocycles. The van der Waals surface area contributed by atoms with E-state index in [0.717, 1.165) is 35.2 Å². The normalized spacial score (nSPS) is 17.5. The zero-order chi connectivity index (χ0) is 25.9. The summed E-state index contributed by atoms with van der Waals surface area (Å²) in [5, 5.41) is 13.4. The summed E-state index contributed by atoms with van der Waals surface area (Å²) < 4.78 is 35.0. The van der Waals surface area contributed by atoms with Crippen LogP contribution < -0.4 is 9.47 Å². The first-order chi connectivity index (χ1) is 17.2. The molecule has 2 aliphatic heterocycles. The van der Waals surface area contributed by atoms with Crippen molar-refractivity contribution in [1.82, 2.24) is 5.01 Å². The number of amides is 1. The minimum atomic E-state index is -3.58. The molecule has 1 N–H and O–H groups in total. The van der Waals surface area contributed by atoms with Gasteiger partial charge in [0.1, 0.15) is 24.7 Å². The average molecular weight is 527 g/mol. The van der Waals surface area contributed by atoms with Gasteiger partial charge in [-0.1, -0.05) is 44.2 Å². The van der Waals surface area contributed by atoms with E-state index >= 15 is 0 Å². The fourth-order valence-electron chi connectivity index (χ4n) is 3.50. The molecule has 2 aromatic rings. The number of para-hydroxylation sites is 1. The molecule has 0 radical (unpaired) electrons. The SMILES string of the molecule is CC[C@H](C)c1ccccc1OCCOc1ccc(/C=C2\C(=N)N3N=C(S(C)(=O)=O)SC3=NC2=O)cc1. The summed E-state index contributed by atoms with van der Waals surface area (Å²) in [6.07, 6.45) is 3.56. The molecule has 9 nitrogen and oxygen atoms in total. The van der Waals surface area contributed by atoms with E-state index in [4.69, 9.17) is 14.9 Å². The number of aliphatic imine (C=N–C) groups is 1. The van der Waals surface area contributed by atoms with Gasteiger partial charge in [0.2, 0.25) is 19.4 Å². The summed E-state index contributed by atoms with van der Waals surface area (Å²) >= 11 is 0.753. The van der Waals surface area contributed by atoms with Crippen LogP contribution in [-0.2, 0) is 14.6 Å². The molecular formula is C25H26N4O5S2. The number of hydrogen-bond acceptors (Lipinski definition) is 8. The molecule has 36 heavy (non-hydrogen) atoms. The monoisotopic (exact) mass is 526 g/mol. The number of thioether (sulfide) groups is 1. The molecular weight excluding hydrogens is 500 g/mol. The minimum Gasteiger partial charge on any atom is -0.490 e. The summed E-state index contributed by atoms with van der Waals surface area (Å²) in [6.45, 7) is 5.08. The molecule has 2 heterocycles. The van der Waals surface area contributed by atoms with Crippen molar-refractivity contribution in [2.24, 2.45) is 10.1 Å². The van der Waals surface area contributed by atoms with E-state index in [-0.39, 0.29) is 21.0 Å². The van der Waals surface area contributed by atoms with E-state index in [1.54, 1.807) is 24.3 Å². The van der Waals surface area contributed by atoms with Gasteiger partial charge in [-0.05, 0) is 59.5 Å². The predicted molar refractivity (Wildman–Crippen MR) is 142 cm³/mol. The smallest absolute Gasteiger partial charge is 0.283 e. The molecule has 0 unspecified atom stereocenters. The van der Waals surface area contributed by atoms with Gasteiger partial charge in [0.25, 0.3) is 5.91 Å². The fraction of sp³-hybridized carbons (Fsp3) is 0.280. The van der Waals surface area contributed by atoms with Crippen molar-refractivity contribution in [1.29, 1.82) is 5.41 Å². The maximum atomic E-state index is 12.5. The number of fused-ring (bicyclic) bond motifs is 1. The Labute approximate surface area is 214 Å². The molecule has 2 aliphatic rings. The number of rotatable bonds is 8. The lowest BCUT2D eigenvalue weighted by Gasteiger charge is -2.20. The van der Waals surface area contributed by atoms with E-state index in [1.165, 1.54) is 11.6 Å². The Balaban J connectivity index is 1.37. The molecule has 2 aromatic carbocycles. The summed E-state index contributed by atoms with van der Waals surface area (Å²) in [5.41, 5.74) is 1.86. The molecule has 0 fully saturated rings. The first-order valence-electron chi connectivity index (χ1n) is 11.3. The highest BCUT2D eigenvalue weighted by atomic mass is 32.3. The lowest BCUT2D eigenvalue weighted by molar-refractivity contribution is -0.114. The molecule has 11 heteroatoms. The van der Waals surface area contributed by atoms with Crippen LogP contribution in [-0.4, -0.2) is 54.2 Å². The van der Waals surface area contributed by atoms with Crippen molar-refractivity contribution in [2.75, 3.05) is 19.5 Å². The second kappa shape index (κ2) is 10.7. The Morgan fingerprint density at radius 1 is 1.11 bits per heavy atom. The summed E-state index contributed by atoms with van der Waals surface area (Å²) in [5.74, 6) is 1.06. The number of ether oxygens (including phenoxy) is 2. The number of nitrogens with one attached hydrogen (secondary N) is 1. The number of benzene rings is 2. The van der Waals surface area contributed by atoms with E-state index < -0.39 is 15.7 Å². The van der Waals surface area contributed by atoms with Crippen LogP contribution in [0.5, 0.6) is 11.5 Å². The molecule has 0 spiro atoms. The van der Waals surface area contributed by atoms with Gasteiger partial charge in [-0.3, -0.25) is 10.2 Å². The Hall–Kier alpha value is -3.44. The molecule has 1 atom stereocenters. The van der Waals surface area contributed by atoms with Crippen molar-refractivity contribution in [3.63, 3.8) is 0 Å². The van der Waals surface area contributed by atoms with Crippen molar-refractivity contribution in [3.8, 4) is 11.5 Å². The first-order valence-corrected chi connectivity index (χ1v) is 14.0. The van der Waals surface area contributed by atoms with Crippen LogP contribution in [0.4, 0.5) is 0 Å². The van der Waals surface area contributed by atoms with Crippen LogP contribution in [0, 0.1) is 5.41 Å². The van der Waals surface area contributed by atoms with Gasteiger partial charge < -0.3 is 9.47 Å². The van der Waals surface area contributed by atoms with E-state index in [0.29, 0.717) is 30.4 Å². The maximum Gasteiger partial charge on any atom is 0.283 e. The number of carbonyl (C=O) groups is 1. The van der Waals surface area contributed by atoms with Crippen molar-refractivity contribution in [2.45, 2.75) is 26.2 Å². The second-order valence-corrected chi connectivity index (χ2v) is 11.4. The van der Waals surface area contributed by atoms with Crippen LogP contribution in [0.2, 0.25) is 0 Å². The zero-order valence-electron chi connectivity index (χ0n) is 20.1. The number of sulfone groups is 1. The van der Waals surface area contributed by atoms with E-state index in [1.807, 2.05) is 18.2 Å². The van der Waals surface area contributed by atoms with Crippen molar-refractivity contribution >= 4 is 49.0 Å². The van der Waals surface area contributed by atoms with Gasteiger partial charge in [0, 0.05) is 6.26 Å². The lowest BCUT2D eigenvalue weighted by Crippen LogP contribution is -2.35. The average Bonchev–Trinajstić information content (AvgIpc) is 3.30. The quantitative estimate of drug-likeness (QED) is 0.402. The van der Waals surface area contributed by atoms with E-state index in [9.17, 15) is 13.2 Å². The molecule has 0 aliphatic carbocycles. The van der Waals surface area contributed by atoms with Crippen LogP contribution in [0.3, 0.4) is 0 Å². The van der Waals surface area contributed by atoms with Gasteiger partial charge in [-0.2, -0.15) is 10.0 Å². The van der Waals surface area contributed by atoms with Gasteiger partial charge in [-0.25, -0.2) is 8.42 Å². The number of hydrogen-bond donors (Lipinski definition) is 1. The summed E-state index contributed by atoms with van der Waals surface area (Å²) in [6, 6.07) is 15.1. The lowest BCUT2D eigenvalue weighted by atomic mass is 9.98. The highest BCUT2D eigenvalue weighted by Gasteiger charge is 2.38. The first kappa shape index (κ1) is 25.6. The Kier molecular flexibility index (Phi) is 7.60. The third kappa shape index (κ3) is 5.68. The van der Waals surface area contributed by atoms with E-state index in [2.05, 4.69) is 30.0 Å².